The van der Waals surface area contributed by atoms with Crippen molar-refractivity contribution in [2.24, 2.45) is 11.8 Å². The Bertz CT molecular complexity index is 417. The fourth-order valence-electron chi connectivity index (χ4n) is 4.34. The Morgan fingerprint density at radius 1 is 1.16 bits per heavy atom. The molecule has 0 aromatic heterocycles. The average molecular weight is 286 g/mol. The summed E-state index contributed by atoms with van der Waals surface area (Å²) in [6, 6.07) is 0.425. The molecular weight excluding hydrogens is 260 g/mol. The van der Waals surface area contributed by atoms with E-state index < -0.39 is 10.0 Å². The Morgan fingerprint density at radius 2 is 1.89 bits per heavy atom. The van der Waals surface area contributed by atoms with Crippen LogP contribution < -0.4 is 5.32 Å². The molecule has 0 bridgehead atoms. The third-order valence-electron chi connectivity index (χ3n) is 5.20. The van der Waals surface area contributed by atoms with Gasteiger partial charge in [-0.05, 0) is 44.6 Å². The number of nitrogens with zero attached hydrogens (tertiary/aromatic N) is 1. The zero-order valence-electron chi connectivity index (χ0n) is 11.8. The molecule has 0 radical (unpaired) electrons. The van der Waals surface area contributed by atoms with Gasteiger partial charge in [-0.2, -0.15) is 4.31 Å². The van der Waals surface area contributed by atoms with Gasteiger partial charge < -0.3 is 5.32 Å². The maximum Gasteiger partial charge on any atom is 0.214 e. The van der Waals surface area contributed by atoms with Crippen LogP contribution in [0.1, 0.15) is 45.4 Å². The maximum atomic E-state index is 12.8. The summed E-state index contributed by atoms with van der Waals surface area (Å²) < 4.78 is 27.4. The molecule has 3 rings (SSSR count). The molecule has 0 amide bonds. The smallest absolute Gasteiger partial charge is 0.214 e. The molecule has 1 saturated carbocycles. The fraction of sp³-hybridized carbons (Fsp3) is 1.00. The summed E-state index contributed by atoms with van der Waals surface area (Å²) in [5, 5.41) is 3.34. The largest absolute Gasteiger partial charge is 0.315 e. The molecule has 0 spiro atoms. The van der Waals surface area contributed by atoms with Crippen molar-refractivity contribution in [1.82, 2.24) is 9.62 Å². The van der Waals surface area contributed by atoms with Crippen LogP contribution in [0, 0.1) is 11.8 Å². The first kappa shape index (κ1) is 13.8. The molecule has 110 valence electrons. The van der Waals surface area contributed by atoms with E-state index in [2.05, 4.69) is 12.2 Å². The third-order valence-corrected chi connectivity index (χ3v) is 7.37. The predicted octanol–water partition coefficient (Wildman–Crippen LogP) is 1.58. The van der Waals surface area contributed by atoms with Crippen molar-refractivity contribution in [3.63, 3.8) is 0 Å². The Balaban J connectivity index is 1.71. The first-order valence-electron chi connectivity index (χ1n) is 7.80. The van der Waals surface area contributed by atoms with E-state index in [0.29, 0.717) is 17.6 Å². The van der Waals surface area contributed by atoms with Gasteiger partial charge >= 0.3 is 0 Å². The number of hydrogen-bond acceptors (Lipinski definition) is 3. The van der Waals surface area contributed by atoms with E-state index in [9.17, 15) is 8.42 Å². The summed E-state index contributed by atoms with van der Waals surface area (Å²) in [6.45, 7) is 3.92. The lowest BCUT2D eigenvalue weighted by molar-refractivity contribution is 0.323. The van der Waals surface area contributed by atoms with Gasteiger partial charge in [0.1, 0.15) is 0 Å². The summed E-state index contributed by atoms with van der Waals surface area (Å²) in [5.41, 5.74) is 0. The first-order chi connectivity index (χ1) is 9.08. The highest BCUT2D eigenvalue weighted by Crippen LogP contribution is 2.36. The van der Waals surface area contributed by atoms with Crippen LogP contribution in [0.2, 0.25) is 0 Å². The van der Waals surface area contributed by atoms with Crippen molar-refractivity contribution >= 4 is 10.0 Å². The highest BCUT2D eigenvalue weighted by atomic mass is 32.2. The Kier molecular flexibility index (Phi) is 3.89. The topological polar surface area (TPSA) is 49.4 Å². The zero-order valence-corrected chi connectivity index (χ0v) is 12.7. The molecule has 3 aliphatic rings. The van der Waals surface area contributed by atoms with Crippen LogP contribution in [0.4, 0.5) is 0 Å². The first-order valence-corrected chi connectivity index (χ1v) is 9.41. The van der Waals surface area contributed by atoms with E-state index in [1.54, 1.807) is 0 Å². The maximum absolute atomic E-state index is 12.8. The van der Waals surface area contributed by atoms with Crippen LogP contribution in [-0.2, 0) is 10.0 Å². The van der Waals surface area contributed by atoms with Crippen molar-refractivity contribution in [2.45, 2.75) is 57.5 Å². The van der Waals surface area contributed by atoms with E-state index in [1.165, 1.54) is 19.3 Å². The predicted molar refractivity (Wildman–Crippen MR) is 76.4 cm³/mol. The highest BCUT2D eigenvalue weighted by Gasteiger charge is 2.47. The second-order valence-electron chi connectivity index (χ2n) is 6.68. The summed E-state index contributed by atoms with van der Waals surface area (Å²) in [7, 11) is -3.07. The molecule has 4 nitrogen and oxygen atoms in total. The summed E-state index contributed by atoms with van der Waals surface area (Å²) in [6.07, 6.45) is 6.95. The molecular formula is C14H26N2O2S. The third kappa shape index (κ3) is 2.69. The summed E-state index contributed by atoms with van der Waals surface area (Å²) >= 11 is 0. The molecule has 3 atom stereocenters. The van der Waals surface area contributed by atoms with E-state index in [1.807, 2.05) is 4.31 Å². The Hall–Kier alpha value is -0.130. The molecule has 3 fully saturated rings. The lowest BCUT2D eigenvalue weighted by Gasteiger charge is -2.30. The minimum absolute atomic E-state index is 0.200. The number of fused-ring (bicyclic) bond motifs is 1. The minimum atomic E-state index is -3.07. The van der Waals surface area contributed by atoms with Gasteiger partial charge in [0, 0.05) is 18.6 Å². The van der Waals surface area contributed by atoms with Crippen molar-refractivity contribution in [2.75, 3.05) is 18.8 Å². The molecule has 2 saturated heterocycles. The minimum Gasteiger partial charge on any atom is -0.315 e. The van der Waals surface area contributed by atoms with Gasteiger partial charge in [0.25, 0.3) is 0 Å². The molecule has 1 N–H and O–H groups in total. The van der Waals surface area contributed by atoms with Gasteiger partial charge in [0.05, 0.1) is 5.75 Å². The van der Waals surface area contributed by atoms with Crippen LogP contribution in [0.25, 0.3) is 0 Å². The Labute approximate surface area is 117 Å². The van der Waals surface area contributed by atoms with Crippen LogP contribution in [0.15, 0.2) is 0 Å². The number of nitrogens with one attached hydrogen (secondary N) is 1. The quantitative estimate of drug-likeness (QED) is 0.857. The SMILES string of the molecule is CC1CC2CNCC2N1S(=O)(=O)CC1CCCCC1. The normalized spacial score (nSPS) is 37.6. The van der Waals surface area contributed by atoms with Crippen LogP contribution >= 0.6 is 0 Å². The van der Waals surface area contributed by atoms with E-state index >= 15 is 0 Å². The van der Waals surface area contributed by atoms with E-state index in [0.717, 1.165) is 32.4 Å². The highest BCUT2D eigenvalue weighted by molar-refractivity contribution is 7.89. The molecule has 0 aromatic rings. The zero-order chi connectivity index (χ0) is 13.5. The number of hydrogen-bond donors (Lipinski definition) is 1. The van der Waals surface area contributed by atoms with Crippen LogP contribution in [-0.4, -0.2) is 43.6 Å². The molecule has 3 unspecified atom stereocenters. The molecule has 2 heterocycles. The standard InChI is InChI=1S/C14H26N2O2S/c1-11-7-13-8-15-9-14(13)16(11)19(17,18)10-12-5-3-2-4-6-12/h11-15H,2-10H2,1H3. The van der Waals surface area contributed by atoms with Crippen molar-refractivity contribution in [3.8, 4) is 0 Å². The van der Waals surface area contributed by atoms with Gasteiger partial charge in [-0.15, -0.1) is 0 Å². The second-order valence-corrected chi connectivity index (χ2v) is 8.60. The molecule has 5 heteroatoms. The lowest BCUT2D eigenvalue weighted by atomic mass is 9.91. The van der Waals surface area contributed by atoms with Crippen LogP contribution in [0.3, 0.4) is 0 Å². The Morgan fingerprint density at radius 3 is 2.63 bits per heavy atom. The second kappa shape index (κ2) is 5.34. The number of sulfonamides is 1. The van der Waals surface area contributed by atoms with Gasteiger partial charge in [-0.25, -0.2) is 8.42 Å². The fourth-order valence-corrected chi connectivity index (χ4v) is 6.74. The summed E-state index contributed by atoms with van der Waals surface area (Å²) in [5.74, 6) is 1.33. The van der Waals surface area contributed by atoms with E-state index in [4.69, 9.17) is 0 Å². The van der Waals surface area contributed by atoms with Crippen molar-refractivity contribution < 1.29 is 8.42 Å². The average Bonchev–Trinajstić information content (AvgIpc) is 2.88. The monoisotopic (exact) mass is 286 g/mol. The van der Waals surface area contributed by atoms with Crippen LogP contribution in [0.5, 0.6) is 0 Å². The van der Waals surface area contributed by atoms with Gasteiger partial charge in [-0.1, -0.05) is 19.3 Å². The number of rotatable bonds is 3. The molecule has 19 heavy (non-hydrogen) atoms. The van der Waals surface area contributed by atoms with Gasteiger partial charge in [0.15, 0.2) is 0 Å². The molecule has 2 aliphatic heterocycles. The van der Waals surface area contributed by atoms with Crippen molar-refractivity contribution in [3.05, 3.63) is 0 Å². The van der Waals surface area contributed by atoms with Gasteiger partial charge in [-0.3, -0.25) is 0 Å². The lowest BCUT2D eigenvalue weighted by Crippen LogP contribution is -2.45. The van der Waals surface area contributed by atoms with Gasteiger partial charge in [0.2, 0.25) is 10.0 Å². The molecule has 0 aromatic carbocycles. The summed E-state index contributed by atoms with van der Waals surface area (Å²) in [4.78, 5) is 0. The molecule has 1 aliphatic carbocycles. The van der Waals surface area contributed by atoms with Crippen molar-refractivity contribution in [1.29, 1.82) is 0 Å². The van der Waals surface area contributed by atoms with E-state index in [-0.39, 0.29) is 12.1 Å².